The number of aliphatic hydroxyl groups is 1. The number of likely N-dealkylation sites (N-methyl/N-ethyl adjacent to an activating group) is 1. The SMILES string of the molecule is CN(CCO)N(c1cccc(C(F)(F)F)c1)c1nc(-c2cccc(Cl)c2)cs1. The Bertz CT molecular complexity index is 948. The number of benzene rings is 2. The normalized spacial score (nSPS) is 11.8. The van der Waals surface area contributed by atoms with Gasteiger partial charge in [0.15, 0.2) is 0 Å². The number of alkyl halides is 3. The van der Waals surface area contributed by atoms with Gasteiger partial charge in [0.05, 0.1) is 23.6 Å². The molecule has 0 unspecified atom stereocenters. The Balaban J connectivity index is 2.02. The second kappa shape index (κ2) is 8.48. The van der Waals surface area contributed by atoms with Crippen molar-refractivity contribution in [1.82, 2.24) is 9.99 Å². The van der Waals surface area contributed by atoms with Crippen LogP contribution in [0.2, 0.25) is 5.02 Å². The van der Waals surface area contributed by atoms with Gasteiger partial charge in [-0.3, -0.25) is 0 Å². The van der Waals surface area contributed by atoms with Gasteiger partial charge in [-0.1, -0.05) is 29.8 Å². The topological polar surface area (TPSA) is 39.6 Å². The van der Waals surface area contributed by atoms with Crippen LogP contribution in [-0.2, 0) is 6.18 Å². The zero-order valence-electron chi connectivity index (χ0n) is 14.8. The molecule has 148 valence electrons. The van der Waals surface area contributed by atoms with E-state index in [1.54, 1.807) is 41.3 Å². The van der Waals surface area contributed by atoms with Gasteiger partial charge in [0.1, 0.15) is 0 Å². The number of hydrogen-bond donors (Lipinski definition) is 1. The molecule has 0 amide bonds. The molecule has 0 aliphatic heterocycles. The Hall–Kier alpha value is -2.13. The molecule has 3 rings (SSSR count). The fraction of sp³-hybridized carbons (Fsp3) is 0.211. The van der Waals surface area contributed by atoms with Crippen LogP contribution in [0, 0.1) is 0 Å². The standard InChI is InChI=1S/C19H17ClF3N3OS/c1-25(8-9-27)26(16-7-3-5-14(11-16)19(21,22)23)18-24-17(12-28-18)13-4-2-6-15(20)10-13/h2-7,10-12,27H,8-9H2,1H3. The van der Waals surface area contributed by atoms with E-state index in [1.165, 1.54) is 17.4 Å². The van der Waals surface area contributed by atoms with E-state index in [9.17, 15) is 18.3 Å². The first-order valence-corrected chi connectivity index (χ1v) is 9.56. The predicted octanol–water partition coefficient (Wildman–Crippen LogP) is 5.46. The Kier molecular flexibility index (Phi) is 6.24. The van der Waals surface area contributed by atoms with Gasteiger partial charge in [0.25, 0.3) is 0 Å². The first-order valence-electron chi connectivity index (χ1n) is 8.30. The summed E-state index contributed by atoms with van der Waals surface area (Å²) in [7, 11) is 1.68. The van der Waals surface area contributed by atoms with Gasteiger partial charge >= 0.3 is 6.18 Å². The zero-order valence-corrected chi connectivity index (χ0v) is 16.4. The van der Waals surface area contributed by atoms with Gasteiger partial charge in [-0.05, 0) is 30.3 Å². The van der Waals surface area contributed by atoms with E-state index in [-0.39, 0.29) is 13.2 Å². The number of hydrogen-bond acceptors (Lipinski definition) is 5. The number of rotatable bonds is 6. The lowest BCUT2D eigenvalue weighted by molar-refractivity contribution is -0.137. The van der Waals surface area contributed by atoms with Gasteiger partial charge in [-0.2, -0.15) is 13.2 Å². The third-order valence-electron chi connectivity index (χ3n) is 3.98. The average Bonchev–Trinajstić information content (AvgIpc) is 3.11. The van der Waals surface area contributed by atoms with E-state index in [0.717, 1.165) is 17.7 Å². The van der Waals surface area contributed by atoms with E-state index in [2.05, 4.69) is 4.98 Å². The molecule has 9 heteroatoms. The number of hydrazine groups is 1. The molecule has 0 radical (unpaired) electrons. The fourth-order valence-electron chi connectivity index (χ4n) is 2.65. The molecule has 0 atom stereocenters. The van der Waals surface area contributed by atoms with Crippen molar-refractivity contribution in [3.63, 3.8) is 0 Å². The Morgan fingerprint density at radius 3 is 2.57 bits per heavy atom. The van der Waals surface area contributed by atoms with Crippen LogP contribution in [0.3, 0.4) is 0 Å². The summed E-state index contributed by atoms with van der Waals surface area (Å²) in [5.74, 6) is 0. The number of aliphatic hydroxyl groups excluding tert-OH is 1. The largest absolute Gasteiger partial charge is 0.416 e. The number of anilines is 2. The molecular formula is C19H17ClF3N3OS. The number of nitrogens with zero attached hydrogens (tertiary/aromatic N) is 3. The Morgan fingerprint density at radius 1 is 1.14 bits per heavy atom. The predicted molar refractivity (Wildman–Crippen MR) is 106 cm³/mol. The molecule has 0 aliphatic carbocycles. The van der Waals surface area contributed by atoms with E-state index in [0.29, 0.717) is 21.5 Å². The summed E-state index contributed by atoms with van der Waals surface area (Å²) in [6.07, 6.45) is -4.45. The first-order chi connectivity index (χ1) is 13.3. The molecule has 28 heavy (non-hydrogen) atoms. The summed E-state index contributed by atoms with van der Waals surface area (Å²) in [6.45, 7) is 0.0702. The lowest BCUT2D eigenvalue weighted by Gasteiger charge is -2.31. The van der Waals surface area contributed by atoms with Gasteiger partial charge in [0, 0.05) is 29.6 Å². The molecule has 1 heterocycles. The van der Waals surface area contributed by atoms with Crippen molar-refractivity contribution in [3.05, 3.63) is 64.5 Å². The van der Waals surface area contributed by atoms with Crippen LogP contribution in [0.25, 0.3) is 11.3 Å². The second-order valence-electron chi connectivity index (χ2n) is 5.99. The summed E-state index contributed by atoms with van der Waals surface area (Å²) in [4.78, 5) is 4.57. The van der Waals surface area contributed by atoms with Crippen LogP contribution in [0.4, 0.5) is 24.0 Å². The minimum atomic E-state index is -4.45. The van der Waals surface area contributed by atoms with Gasteiger partial charge in [-0.25, -0.2) is 15.0 Å². The molecule has 0 saturated carbocycles. The summed E-state index contributed by atoms with van der Waals surface area (Å²) >= 11 is 7.32. The van der Waals surface area contributed by atoms with E-state index >= 15 is 0 Å². The second-order valence-corrected chi connectivity index (χ2v) is 7.26. The van der Waals surface area contributed by atoms with Crippen LogP contribution in [0.5, 0.6) is 0 Å². The molecule has 1 N–H and O–H groups in total. The van der Waals surface area contributed by atoms with Crippen LogP contribution < -0.4 is 5.01 Å². The third-order valence-corrected chi connectivity index (χ3v) is 5.03. The van der Waals surface area contributed by atoms with Crippen molar-refractivity contribution in [2.45, 2.75) is 6.18 Å². The van der Waals surface area contributed by atoms with Crippen molar-refractivity contribution in [2.24, 2.45) is 0 Å². The van der Waals surface area contributed by atoms with Crippen molar-refractivity contribution < 1.29 is 18.3 Å². The lowest BCUT2D eigenvalue weighted by Crippen LogP contribution is -2.38. The summed E-state index contributed by atoms with van der Waals surface area (Å²) in [6, 6.07) is 12.2. The van der Waals surface area contributed by atoms with Gasteiger partial charge in [0.2, 0.25) is 5.13 Å². The number of halogens is 4. The van der Waals surface area contributed by atoms with Crippen LogP contribution in [-0.4, -0.2) is 35.3 Å². The lowest BCUT2D eigenvalue weighted by atomic mass is 10.2. The Labute approximate surface area is 169 Å². The molecule has 0 fully saturated rings. The highest BCUT2D eigenvalue weighted by Gasteiger charge is 2.31. The first kappa shape index (κ1) is 20.6. The van der Waals surface area contributed by atoms with Gasteiger partial charge in [-0.15, -0.1) is 11.3 Å². The van der Waals surface area contributed by atoms with Crippen molar-refractivity contribution >= 4 is 33.8 Å². The molecule has 4 nitrogen and oxygen atoms in total. The monoisotopic (exact) mass is 427 g/mol. The van der Waals surface area contributed by atoms with E-state index in [4.69, 9.17) is 11.6 Å². The third kappa shape index (κ3) is 4.64. The summed E-state index contributed by atoms with van der Waals surface area (Å²) < 4.78 is 39.4. The molecule has 0 spiro atoms. The van der Waals surface area contributed by atoms with Crippen LogP contribution in [0.15, 0.2) is 53.9 Å². The number of aromatic nitrogens is 1. The van der Waals surface area contributed by atoms with E-state index < -0.39 is 11.7 Å². The van der Waals surface area contributed by atoms with Crippen molar-refractivity contribution in [1.29, 1.82) is 0 Å². The van der Waals surface area contributed by atoms with Gasteiger partial charge < -0.3 is 5.11 Å². The number of thiazole rings is 1. The Morgan fingerprint density at radius 2 is 1.89 bits per heavy atom. The highest BCUT2D eigenvalue weighted by molar-refractivity contribution is 7.14. The summed E-state index contributed by atoms with van der Waals surface area (Å²) in [5, 5.41) is 15.3. The highest BCUT2D eigenvalue weighted by atomic mass is 35.5. The quantitative estimate of drug-likeness (QED) is 0.530. The molecule has 0 bridgehead atoms. The molecule has 0 saturated heterocycles. The minimum absolute atomic E-state index is 0.154. The molecule has 2 aromatic carbocycles. The molecular weight excluding hydrogens is 411 g/mol. The van der Waals surface area contributed by atoms with Crippen LogP contribution >= 0.6 is 22.9 Å². The van der Waals surface area contributed by atoms with E-state index in [1.807, 2.05) is 11.4 Å². The van der Waals surface area contributed by atoms with Crippen LogP contribution in [0.1, 0.15) is 5.56 Å². The average molecular weight is 428 g/mol. The zero-order chi connectivity index (χ0) is 20.3. The fourth-order valence-corrected chi connectivity index (χ4v) is 3.75. The van der Waals surface area contributed by atoms with Crippen molar-refractivity contribution in [2.75, 3.05) is 25.2 Å². The highest BCUT2D eigenvalue weighted by Crippen LogP contribution is 2.36. The maximum atomic E-state index is 13.1. The maximum Gasteiger partial charge on any atom is 0.416 e. The molecule has 1 aromatic heterocycles. The minimum Gasteiger partial charge on any atom is -0.395 e. The molecule has 0 aliphatic rings. The van der Waals surface area contributed by atoms with Crippen molar-refractivity contribution in [3.8, 4) is 11.3 Å². The smallest absolute Gasteiger partial charge is 0.395 e. The molecule has 3 aromatic rings. The maximum absolute atomic E-state index is 13.1. The summed E-state index contributed by atoms with van der Waals surface area (Å²) in [5.41, 5.74) is 1.03.